The van der Waals surface area contributed by atoms with Gasteiger partial charge in [0.2, 0.25) is 0 Å². The van der Waals surface area contributed by atoms with Gasteiger partial charge in [0.15, 0.2) is 0 Å². The van der Waals surface area contributed by atoms with E-state index in [-0.39, 0.29) is 4.90 Å². The molecule has 2 aromatic rings. The topological polar surface area (TPSA) is 74.8 Å². The molecular formula is C12H14BrN3O2S. The molecule has 0 radical (unpaired) electrons. The van der Waals surface area contributed by atoms with Crippen LogP contribution in [0.15, 0.2) is 35.4 Å². The van der Waals surface area contributed by atoms with Crippen molar-refractivity contribution >= 4 is 31.6 Å². The second kappa shape index (κ2) is 5.75. The summed E-state index contributed by atoms with van der Waals surface area (Å²) in [5.74, 6) is 0. The van der Waals surface area contributed by atoms with Crippen molar-refractivity contribution in [3.8, 4) is 0 Å². The van der Waals surface area contributed by atoms with Crippen LogP contribution in [-0.2, 0) is 16.4 Å². The zero-order valence-corrected chi connectivity index (χ0v) is 12.8. The summed E-state index contributed by atoms with van der Waals surface area (Å²) in [6.07, 6.45) is 2.21. The van der Waals surface area contributed by atoms with E-state index in [1.165, 1.54) is 6.20 Å². The number of halogens is 1. The molecule has 0 saturated carbocycles. The quantitative estimate of drug-likeness (QED) is 0.818. The van der Waals surface area contributed by atoms with Crippen LogP contribution in [0, 0.1) is 6.92 Å². The number of aromatic nitrogens is 2. The van der Waals surface area contributed by atoms with Crippen molar-refractivity contribution in [2.45, 2.75) is 18.2 Å². The second-order valence-corrected chi connectivity index (χ2v) is 6.54. The van der Waals surface area contributed by atoms with Gasteiger partial charge in [-0.15, -0.1) is 0 Å². The molecule has 102 valence electrons. The SMILES string of the molecule is Cc1[nH]ncc1S(=O)(=O)Nc1ccc(CCBr)cc1. The van der Waals surface area contributed by atoms with Crippen molar-refractivity contribution in [3.63, 3.8) is 0 Å². The van der Waals surface area contributed by atoms with Gasteiger partial charge in [-0.05, 0) is 31.0 Å². The predicted molar refractivity (Wildman–Crippen MR) is 78.1 cm³/mol. The zero-order valence-electron chi connectivity index (χ0n) is 10.4. The minimum atomic E-state index is -3.58. The standard InChI is InChI=1S/C12H14BrN3O2S/c1-9-12(8-14-15-9)19(17,18)16-11-4-2-10(3-5-11)6-7-13/h2-5,8,16H,6-7H2,1H3,(H,14,15). The predicted octanol–water partition coefficient (Wildman–Crippen LogP) is 2.46. The van der Waals surface area contributed by atoms with E-state index in [1.807, 2.05) is 12.1 Å². The van der Waals surface area contributed by atoms with Crippen LogP contribution >= 0.6 is 15.9 Å². The minimum absolute atomic E-state index is 0.164. The van der Waals surface area contributed by atoms with Crippen LogP contribution in [0.1, 0.15) is 11.3 Å². The molecule has 5 nitrogen and oxygen atoms in total. The lowest BCUT2D eigenvalue weighted by Crippen LogP contribution is -2.13. The molecule has 0 atom stereocenters. The van der Waals surface area contributed by atoms with E-state index in [9.17, 15) is 8.42 Å². The molecular weight excluding hydrogens is 330 g/mol. The number of nitrogens with zero attached hydrogens (tertiary/aromatic N) is 1. The molecule has 1 aromatic heterocycles. The Bertz CT molecular complexity index is 650. The molecule has 1 heterocycles. The van der Waals surface area contributed by atoms with Gasteiger partial charge in [0, 0.05) is 11.0 Å². The first-order chi connectivity index (χ1) is 9.03. The summed E-state index contributed by atoms with van der Waals surface area (Å²) in [7, 11) is -3.58. The number of benzene rings is 1. The van der Waals surface area contributed by atoms with E-state index >= 15 is 0 Å². The highest BCUT2D eigenvalue weighted by Crippen LogP contribution is 2.18. The lowest BCUT2D eigenvalue weighted by molar-refractivity contribution is 0.600. The Kier molecular flexibility index (Phi) is 4.26. The number of nitrogens with one attached hydrogen (secondary N) is 2. The molecule has 0 aliphatic carbocycles. The van der Waals surface area contributed by atoms with Crippen molar-refractivity contribution in [2.24, 2.45) is 0 Å². The van der Waals surface area contributed by atoms with Crippen LogP contribution in [0.5, 0.6) is 0 Å². The fourth-order valence-electron chi connectivity index (χ4n) is 1.67. The van der Waals surface area contributed by atoms with E-state index in [4.69, 9.17) is 0 Å². The maximum atomic E-state index is 12.1. The molecule has 7 heteroatoms. The first-order valence-electron chi connectivity index (χ1n) is 5.70. The van der Waals surface area contributed by atoms with Gasteiger partial charge in [0.25, 0.3) is 10.0 Å². The van der Waals surface area contributed by atoms with Crippen molar-refractivity contribution in [1.82, 2.24) is 10.2 Å². The average Bonchev–Trinajstić information content (AvgIpc) is 2.79. The number of alkyl halides is 1. The van der Waals surface area contributed by atoms with Crippen LogP contribution in [-0.4, -0.2) is 23.9 Å². The number of hydrogen-bond acceptors (Lipinski definition) is 3. The molecule has 0 saturated heterocycles. The lowest BCUT2D eigenvalue weighted by Gasteiger charge is -2.07. The van der Waals surface area contributed by atoms with Gasteiger partial charge < -0.3 is 0 Å². The van der Waals surface area contributed by atoms with E-state index in [1.54, 1.807) is 19.1 Å². The van der Waals surface area contributed by atoms with E-state index < -0.39 is 10.0 Å². The van der Waals surface area contributed by atoms with E-state index in [0.717, 1.165) is 17.3 Å². The number of aromatic amines is 1. The maximum Gasteiger partial charge on any atom is 0.265 e. The van der Waals surface area contributed by atoms with E-state index in [2.05, 4.69) is 30.8 Å². The summed E-state index contributed by atoms with van der Waals surface area (Å²) < 4.78 is 26.8. The Morgan fingerprint density at radius 2 is 2.00 bits per heavy atom. The first-order valence-corrected chi connectivity index (χ1v) is 8.31. The van der Waals surface area contributed by atoms with Gasteiger partial charge in [0.05, 0.1) is 11.9 Å². The lowest BCUT2D eigenvalue weighted by atomic mass is 10.2. The Balaban J connectivity index is 2.19. The number of aryl methyl sites for hydroxylation is 2. The Labute approximate surface area is 120 Å². The van der Waals surface area contributed by atoms with Crippen LogP contribution in [0.25, 0.3) is 0 Å². The molecule has 2 N–H and O–H groups in total. The second-order valence-electron chi connectivity index (χ2n) is 4.10. The molecule has 1 aromatic carbocycles. The van der Waals surface area contributed by atoms with Gasteiger partial charge in [-0.3, -0.25) is 9.82 Å². The zero-order chi connectivity index (χ0) is 13.9. The molecule has 0 unspecified atom stereocenters. The molecule has 0 spiro atoms. The van der Waals surface area contributed by atoms with Crippen molar-refractivity contribution in [3.05, 3.63) is 41.7 Å². The highest BCUT2D eigenvalue weighted by atomic mass is 79.9. The minimum Gasteiger partial charge on any atom is -0.281 e. The highest BCUT2D eigenvalue weighted by Gasteiger charge is 2.18. The summed E-state index contributed by atoms with van der Waals surface area (Å²) >= 11 is 3.37. The fourth-order valence-corrected chi connectivity index (χ4v) is 3.32. The van der Waals surface area contributed by atoms with Gasteiger partial charge in [0.1, 0.15) is 4.90 Å². The fraction of sp³-hybridized carbons (Fsp3) is 0.250. The molecule has 0 amide bonds. The maximum absolute atomic E-state index is 12.1. The highest BCUT2D eigenvalue weighted by molar-refractivity contribution is 9.09. The van der Waals surface area contributed by atoms with Crippen LogP contribution in [0.3, 0.4) is 0 Å². The number of hydrogen-bond donors (Lipinski definition) is 2. The van der Waals surface area contributed by atoms with Crippen LogP contribution < -0.4 is 4.72 Å². The summed E-state index contributed by atoms with van der Waals surface area (Å²) in [6.45, 7) is 1.67. The van der Waals surface area contributed by atoms with Gasteiger partial charge >= 0.3 is 0 Å². The van der Waals surface area contributed by atoms with Crippen molar-refractivity contribution in [2.75, 3.05) is 10.1 Å². The number of sulfonamides is 1. The third-order valence-electron chi connectivity index (χ3n) is 2.66. The van der Waals surface area contributed by atoms with Crippen molar-refractivity contribution in [1.29, 1.82) is 0 Å². The smallest absolute Gasteiger partial charge is 0.265 e. The molecule has 0 bridgehead atoms. The summed E-state index contributed by atoms with van der Waals surface area (Å²) in [5.41, 5.74) is 2.21. The third-order valence-corrected chi connectivity index (χ3v) is 4.55. The van der Waals surface area contributed by atoms with Crippen LogP contribution in [0.4, 0.5) is 5.69 Å². The van der Waals surface area contributed by atoms with E-state index in [0.29, 0.717) is 11.4 Å². The van der Waals surface area contributed by atoms with Crippen molar-refractivity contribution < 1.29 is 8.42 Å². The Morgan fingerprint density at radius 3 is 2.53 bits per heavy atom. The first kappa shape index (κ1) is 14.1. The third kappa shape index (κ3) is 3.36. The normalized spacial score (nSPS) is 11.5. The molecule has 2 rings (SSSR count). The molecule has 0 aliphatic rings. The average molecular weight is 344 g/mol. The Morgan fingerprint density at radius 1 is 1.32 bits per heavy atom. The number of rotatable bonds is 5. The van der Waals surface area contributed by atoms with Crippen LogP contribution in [0.2, 0.25) is 0 Å². The monoisotopic (exact) mass is 343 g/mol. The summed E-state index contributed by atoms with van der Waals surface area (Å²) in [5, 5.41) is 7.21. The Hall–Kier alpha value is -1.34. The molecule has 19 heavy (non-hydrogen) atoms. The number of H-pyrrole nitrogens is 1. The van der Waals surface area contributed by atoms with Gasteiger partial charge in [-0.2, -0.15) is 5.10 Å². The molecule has 0 fully saturated rings. The summed E-state index contributed by atoms with van der Waals surface area (Å²) in [6, 6.07) is 7.32. The molecule has 0 aliphatic heterocycles. The van der Waals surface area contributed by atoms with Gasteiger partial charge in [-0.1, -0.05) is 28.1 Å². The number of anilines is 1. The summed E-state index contributed by atoms with van der Waals surface area (Å²) in [4.78, 5) is 0.164. The van der Waals surface area contributed by atoms with Gasteiger partial charge in [-0.25, -0.2) is 8.42 Å². The largest absolute Gasteiger partial charge is 0.281 e.